The molecule has 0 fully saturated rings. The van der Waals surface area contributed by atoms with Crippen LogP contribution in [0.15, 0.2) is 54.6 Å². The molecule has 98 valence electrons. The normalized spacial score (nSPS) is 9.95. The summed E-state index contributed by atoms with van der Waals surface area (Å²) in [6.45, 7) is 0.762. The molecule has 0 saturated carbocycles. The van der Waals surface area contributed by atoms with Gasteiger partial charge in [-0.3, -0.25) is 4.79 Å². The molecule has 19 heavy (non-hydrogen) atoms. The largest absolute Gasteiger partial charge is 0.489 e. The molecule has 0 unspecified atom stereocenters. The molecule has 4 N–H and O–H groups in total. The summed E-state index contributed by atoms with van der Waals surface area (Å²) < 4.78 is 5.65. The molecule has 0 heterocycles. The minimum absolute atomic E-state index is 0.0991. The standard InChI is InChI=1S/C15H16N2O2/c16-10-15(18)17-13-6-8-14(9-7-13)19-11-12-4-2-1-3-5-12/h1-9H,10-11,16H2,(H,17,18)/p+1. The Kier molecular flexibility index (Phi) is 4.53. The molecule has 0 atom stereocenters. The number of nitrogens with one attached hydrogen (secondary N) is 1. The van der Waals surface area contributed by atoms with Crippen molar-refractivity contribution in [1.29, 1.82) is 0 Å². The van der Waals surface area contributed by atoms with Gasteiger partial charge < -0.3 is 15.8 Å². The van der Waals surface area contributed by atoms with Gasteiger partial charge in [0.1, 0.15) is 12.4 Å². The van der Waals surface area contributed by atoms with Crippen LogP contribution in [0.25, 0.3) is 0 Å². The molecular formula is C15H17N2O2+. The molecule has 0 bridgehead atoms. The molecule has 0 aliphatic rings. The lowest BCUT2D eigenvalue weighted by Crippen LogP contribution is -2.55. The van der Waals surface area contributed by atoms with Gasteiger partial charge in [0, 0.05) is 5.69 Å². The predicted molar refractivity (Wildman–Crippen MR) is 73.6 cm³/mol. The van der Waals surface area contributed by atoms with E-state index in [2.05, 4.69) is 11.1 Å². The van der Waals surface area contributed by atoms with Gasteiger partial charge >= 0.3 is 0 Å². The van der Waals surface area contributed by atoms with Gasteiger partial charge in [-0.2, -0.15) is 0 Å². The van der Waals surface area contributed by atoms with Crippen LogP contribution in [0.1, 0.15) is 5.56 Å². The fourth-order valence-electron chi connectivity index (χ4n) is 1.60. The number of quaternary nitrogens is 1. The van der Waals surface area contributed by atoms with Gasteiger partial charge in [0.2, 0.25) is 0 Å². The van der Waals surface area contributed by atoms with Gasteiger partial charge in [0.15, 0.2) is 6.54 Å². The van der Waals surface area contributed by atoms with E-state index in [-0.39, 0.29) is 12.5 Å². The first-order chi connectivity index (χ1) is 9.28. The summed E-state index contributed by atoms with van der Waals surface area (Å²) in [4.78, 5) is 11.2. The molecule has 0 radical (unpaired) electrons. The van der Waals surface area contributed by atoms with Crippen LogP contribution in [0.2, 0.25) is 0 Å². The van der Waals surface area contributed by atoms with E-state index in [0.717, 1.165) is 17.0 Å². The van der Waals surface area contributed by atoms with Crippen LogP contribution >= 0.6 is 0 Å². The lowest BCUT2D eigenvalue weighted by atomic mass is 10.2. The molecule has 2 rings (SSSR count). The van der Waals surface area contributed by atoms with E-state index >= 15 is 0 Å². The SMILES string of the molecule is [NH3+]CC(=O)Nc1ccc(OCc2ccccc2)cc1. The van der Waals surface area contributed by atoms with Gasteiger partial charge in [-0.25, -0.2) is 0 Å². The van der Waals surface area contributed by atoms with Crippen LogP contribution in [0.3, 0.4) is 0 Å². The third-order valence-electron chi connectivity index (χ3n) is 2.61. The Hall–Kier alpha value is -2.33. The van der Waals surface area contributed by atoms with Crippen LogP contribution in [-0.4, -0.2) is 12.5 Å². The Labute approximate surface area is 112 Å². The number of amides is 1. The summed E-state index contributed by atoms with van der Waals surface area (Å²) in [7, 11) is 0. The Bertz CT molecular complexity index is 524. The Morgan fingerprint density at radius 2 is 1.74 bits per heavy atom. The van der Waals surface area contributed by atoms with Crippen molar-refractivity contribution in [3.05, 3.63) is 60.2 Å². The summed E-state index contributed by atoms with van der Waals surface area (Å²) in [6.07, 6.45) is 0. The first kappa shape index (κ1) is 13.1. The van der Waals surface area contributed by atoms with Crippen molar-refractivity contribution in [2.75, 3.05) is 11.9 Å². The van der Waals surface area contributed by atoms with Crippen molar-refractivity contribution < 1.29 is 15.3 Å². The lowest BCUT2D eigenvalue weighted by Gasteiger charge is -2.07. The number of ether oxygens (including phenoxy) is 1. The van der Waals surface area contributed by atoms with Crippen molar-refractivity contribution >= 4 is 11.6 Å². The van der Waals surface area contributed by atoms with E-state index in [1.165, 1.54) is 0 Å². The molecular weight excluding hydrogens is 240 g/mol. The fourth-order valence-corrected chi connectivity index (χ4v) is 1.60. The highest BCUT2D eigenvalue weighted by molar-refractivity contribution is 5.91. The van der Waals surface area contributed by atoms with E-state index < -0.39 is 0 Å². The Balaban J connectivity index is 1.90. The second kappa shape index (κ2) is 6.56. The van der Waals surface area contributed by atoms with Crippen LogP contribution in [0.5, 0.6) is 5.75 Å². The van der Waals surface area contributed by atoms with E-state index in [0.29, 0.717) is 6.61 Å². The zero-order valence-corrected chi connectivity index (χ0v) is 10.6. The van der Waals surface area contributed by atoms with Gasteiger partial charge in [-0.15, -0.1) is 0 Å². The maximum Gasteiger partial charge on any atom is 0.279 e. The maximum absolute atomic E-state index is 11.2. The molecule has 2 aromatic rings. The molecule has 0 spiro atoms. The number of benzene rings is 2. The number of rotatable bonds is 5. The third kappa shape index (κ3) is 4.12. The highest BCUT2D eigenvalue weighted by Crippen LogP contribution is 2.16. The van der Waals surface area contributed by atoms with Gasteiger partial charge in [0.25, 0.3) is 5.91 Å². The van der Waals surface area contributed by atoms with E-state index in [4.69, 9.17) is 4.74 Å². The quantitative estimate of drug-likeness (QED) is 0.851. The van der Waals surface area contributed by atoms with Crippen LogP contribution in [0.4, 0.5) is 5.69 Å². The highest BCUT2D eigenvalue weighted by Gasteiger charge is 2.01. The second-order valence-corrected chi connectivity index (χ2v) is 4.10. The summed E-state index contributed by atoms with van der Waals surface area (Å²) >= 11 is 0. The van der Waals surface area contributed by atoms with Gasteiger partial charge in [0.05, 0.1) is 0 Å². The summed E-state index contributed by atoms with van der Waals surface area (Å²) in [6, 6.07) is 17.3. The van der Waals surface area contributed by atoms with Crippen molar-refractivity contribution in [3.8, 4) is 5.75 Å². The highest BCUT2D eigenvalue weighted by atomic mass is 16.5. The topological polar surface area (TPSA) is 66.0 Å². The molecule has 4 nitrogen and oxygen atoms in total. The second-order valence-electron chi connectivity index (χ2n) is 4.10. The Morgan fingerprint density at radius 3 is 2.37 bits per heavy atom. The predicted octanol–water partition coefficient (Wildman–Crippen LogP) is 1.45. The van der Waals surface area contributed by atoms with E-state index in [9.17, 15) is 4.79 Å². The Morgan fingerprint density at radius 1 is 1.05 bits per heavy atom. The number of hydrogen-bond donors (Lipinski definition) is 2. The average Bonchev–Trinajstić information content (AvgIpc) is 2.47. The number of carbonyl (C=O) groups excluding carboxylic acids is 1. The third-order valence-corrected chi connectivity index (χ3v) is 2.61. The first-order valence-corrected chi connectivity index (χ1v) is 6.14. The smallest absolute Gasteiger partial charge is 0.279 e. The molecule has 0 aliphatic heterocycles. The van der Waals surface area contributed by atoms with Crippen molar-refractivity contribution in [2.24, 2.45) is 0 Å². The molecule has 0 aliphatic carbocycles. The van der Waals surface area contributed by atoms with E-state index in [1.807, 2.05) is 54.6 Å². The average molecular weight is 257 g/mol. The maximum atomic E-state index is 11.2. The van der Waals surface area contributed by atoms with Crippen LogP contribution in [0, 0.1) is 0 Å². The molecule has 0 aromatic heterocycles. The summed E-state index contributed by atoms with van der Waals surface area (Å²) in [5.41, 5.74) is 5.40. The summed E-state index contributed by atoms with van der Waals surface area (Å²) in [5.74, 6) is 0.675. The molecule has 2 aromatic carbocycles. The van der Waals surface area contributed by atoms with Gasteiger partial charge in [-0.1, -0.05) is 30.3 Å². The van der Waals surface area contributed by atoms with Crippen LogP contribution in [-0.2, 0) is 11.4 Å². The zero-order valence-electron chi connectivity index (χ0n) is 10.6. The molecule has 1 amide bonds. The number of carbonyl (C=O) groups is 1. The molecule has 0 saturated heterocycles. The monoisotopic (exact) mass is 257 g/mol. The van der Waals surface area contributed by atoms with Crippen LogP contribution < -0.4 is 15.8 Å². The fraction of sp³-hybridized carbons (Fsp3) is 0.133. The summed E-state index contributed by atoms with van der Waals surface area (Å²) in [5, 5.41) is 2.74. The van der Waals surface area contributed by atoms with Crippen molar-refractivity contribution in [2.45, 2.75) is 6.61 Å². The van der Waals surface area contributed by atoms with Crippen molar-refractivity contribution in [3.63, 3.8) is 0 Å². The minimum atomic E-state index is -0.0991. The van der Waals surface area contributed by atoms with E-state index in [1.54, 1.807) is 0 Å². The molecule has 4 heteroatoms. The van der Waals surface area contributed by atoms with Crippen molar-refractivity contribution in [1.82, 2.24) is 0 Å². The number of hydrogen-bond acceptors (Lipinski definition) is 2. The minimum Gasteiger partial charge on any atom is -0.489 e. The number of anilines is 1. The van der Waals surface area contributed by atoms with Gasteiger partial charge in [-0.05, 0) is 29.8 Å². The zero-order chi connectivity index (χ0) is 13.5. The first-order valence-electron chi connectivity index (χ1n) is 6.14. The lowest BCUT2D eigenvalue weighted by molar-refractivity contribution is -0.353.